The Bertz CT molecular complexity index is 964. The molecule has 0 radical (unpaired) electrons. The highest BCUT2D eigenvalue weighted by Crippen LogP contribution is 2.34. The Kier molecular flexibility index (Phi) is 10.1. The van der Waals surface area contributed by atoms with Crippen molar-refractivity contribution in [3.05, 3.63) is 23.8 Å². The Morgan fingerprint density at radius 2 is 1.65 bits per heavy atom. The lowest BCUT2D eigenvalue weighted by Crippen LogP contribution is -2.50. The minimum absolute atomic E-state index is 0.177. The van der Waals surface area contributed by atoms with E-state index in [-0.39, 0.29) is 49.1 Å². The first-order valence-electron chi connectivity index (χ1n) is 11.1. The summed E-state index contributed by atoms with van der Waals surface area (Å²) < 4.78 is 82.8. The van der Waals surface area contributed by atoms with Gasteiger partial charge in [-0.1, -0.05) is 0 Å². The van der Waals surface area contributed by atoms with E-state index in [4.69, 9.17) is 19.4 Å². The van der Waals surface area contributed by atoms with Gasteiger partial charge in [0.25, 0.3) is 0 Å². The summed E-state index contributed by atoms with van der Waals surface area (Å²) in [6, 6.07) is 3.17. The van der Waals surface area contributed by atoms with Gasteiger partial charge < -0.3 is 29.5 Å². The van der Waals surface area contributed by atoms with Gasteiger partial charge in [-0.25, -0.2) is 9.59 Å². The van der Waals surface area contributed by atoms with Crippen molar-refractivity contribution in [3.63, 3.8) is 0 Å². The fourth-order valence-corrected chi connectivity index (χ4v) is 3.92. The second kappa shape index (κ2) is 12.4. The number of rotatable bonds is 6. The second-order valence-corrected chi connectivity index (χ2v) is 8.39. The minimum Gasteiger partial charge on any atom is -0.492 e. The normalized spacial score (nSPS) is 19.1. The molecule has 1 amide bonds. The van der Waals surface area contributed by atoms with Crippen LogP contribution in [0.3, 0.4) is 0 Å². The Morgan fingerprint density at radius 3 is 2.11 bits per heavy atom. The monoisotopic (exact) mass is 544 g/mol. The molecule has 1 aromatic carbocycles. The Labute approximate surface area is 207 Å². The third-order valence-corrected chi connectivity index (χ3v) is 5.83. The molecule has 0 saturated carbocycles. The van der Waals surface area contributed by atoms with E-state index in [0.717, 1.165) is 19.4 Å². The van der Waals surface area contributed by atoms with Crippen LogP contribution in [-0.4, -0.2) is 90.8 Å². The first kappa shape index (κ1) is 30.2. The number of aliphatic carboxylic acids is 1. The number of alkyl halides is 6. The second-order valence-electron chi connectivity index (χ2n) is 8.39. The molecular weight excluding hydrogens is 518 g/mol. The number of amides is 1. The van der Waals surface area contributed by atoms with Crippen LogP contribution in [0.25, 0.3) is 0 Å². The number of anilines is 1. The summed E-state index contributed by atoms with van der Waals surface area (Å²) in [7, 11) is 1.97. The number of likely N-dealkylation sites (tertiary alicyclic amines) is 1. The molecule has 1 aromatic rings. The molecule has 15 heteroatoms. The number of aromatic carboxylic acids is 1. The van der Waals surface area contributed by atoms with Crippen molar-refractivity contribution < 1.29 is 60.4 Å². The van der Waals surface area contributed by atoms with Crippen molar-refractivity contribution in [2.75, 3.05) is 38.3 Å². The van der Waals surface area contributed by atoms with Gasteiger partial charge in [-0.2, -0.15) is 26.3 Å². The number of carboxylic acids is 2. The summed E-state index contributed by atoms with van der Waals surface area (Å²) >= 11 is 0. The molecule has 0 unspecified atom stereocenters. The molecule has 0 bridgehead atoms. The molecule has 208 valence electrons. The standard InChI is InChI=1S/C20H25F3N2O5.C2HF3O2/c1-24-8-2-3-14(24)12-30-15-4-5-16(18(26)27)17(11-15)25(19(28)20(21,22)23)13-6-9-29-10-7-13;3-2(4,5)1(6)7/h4-5,11,13-14H,2-3,6-10,12H2,1H3,(H,26,27);(H,6,7)/t14-;/m0./s1. The first-order valence-corrected chi connectivity index (χ1v) is 11.1. The summed E-state index contributed by atoms with van der Waals surface area (Å²) in [6.45, 7) is 1.65. The Hall–Kier alpha value is -3.07. The number of carbonyl (C=O) groups is 3. The average molecular weight is 544 g/mol. The molecule has 3 rings (SSSR count). The van der Waals surface area contributed by atoms with Crippen molar-refractivity contribution in [1.82, 2.24) is 4.90 Å². The maximum absolute atomic E-state index is 13.4. The number of hydrogen-bond acceptors (Lipinski definition) is 6. The summed E-state index contributed by atoms with van der Waals surface area (Å²) in [4.78, 5) is 35.6. The molecule has 2 aliphatic rings. The van der Waals surface area contributed by atoms with Crippen LogP contribution >= 0.6 is 0 Å². The molecule has 0 aliphatic carbocycles. The van der Waals surface area contributed by atoms with Gasteiger partial charge >= 0.3 is 30.2 Å². The fourth-order valence-electron chi connectivity index (χ4n) is 3.92. The number of carbonyl (C=O) groups excluding carboxylic acids is 1. The number of nitrogens with zero attached hydrogens (tertiary/aromatic N) is 2. The van der Waals surface area contributed by atoms with E-state index in [0.29, 0.717) is 11.5 Å². The third-order valence-electron chi connectivity index (χ3n) is 5.83. The number of benzene rings is 1. The highest BCUT2D eigenvalue weighted by atomic mass is 19.4. The van der Waals surface area contributed by atoms with Gasteiger partial charge in [0.2, 0.25) is 0 Å². The molecule has 1 atom stereocenters. The summed E-state index contributed by atoms with van der Waals surface area (Å²) in [5.41, 5.74) is -0.696. The molecule has 2 saturated heterocycles. The first-order chi connectivity index (χ1) is 17.1. The van der Waals surface area contributed by atoms with Crippen LogP contribution in [0, 0.1) is 0 Å². The molecule has 2 aliphatic heterocycles. The van der Waals surface area contributed by atoms with E-state index in [1.54, 1.807) is 0 Å². The predicted octanol–water partition coefficient (Wildman–Crippen LogP) is 3.57. The van der Waals surface area contributed by atoms with Crippen molar-refractivity contribution in [2.45, 2.75) is 50.1 Å². The number of ether oxygens (including phenoxy) is 2. The highest BCUT2D eigenvalue weighted by molar-refractivity contribution is 6.04. The van der Waals surface area contributed by atoms with Gasteiger partial charge in [-0.05, 0) is 51.4 Å². The molecule has 37 heavy (non-hydrogen) atoms. The third kappa shape index (κ3) is 8.49. The maximum atomic E-state index is 13.4. The summed E-state index contributed by atoms with van der Waals surface area (Å²) in [5, 5.41) is 16.7. The maximum Gasteiger partial charge on any atom is 0.490 e. The number of carboxylic acid groups (broad SMARTS) is 2. The Morgan fingerprint density at radius 1 is 1.05 bits per heavy atom. The average Bonchev–Trinajstić information content (AvgIpc) is 3.22. The van der Waals surface area contributed by atoms with E-state index in [9.17, 15) is 41.0 Å². The molecule has 9 nitrogen and oxygen atoms in total. The van der Waals surface area contributed by atoms with E-state index >= 15 is 0 Å². The van der Waals surface area contributed by atoms with Gasteiger partial charge in [-0.15, -0.1) is 0 Å². The van der Waals surface area contributed by atoms with Crippen LogP contribution in [0.5, 0.6) is 5.75 Å². The van der Waals surface area contributed by atoms with E-state index in [2.05, 4.69) is 4.90 Å². The Balaban J connectivity index is 0.000000604. The SMILES string of the molecule is CN1CCC[C@H]1COc1ccc(C(=O)O)c(N(C(=O)C(F)(F)F)C2CCOCC2)c1.O=C(O)C(F)(F)F. The van der Waals surface area contributed by atoms with Crippen LogP contribution in [0.15, 0.2) is 18.2 Å². The van der Waals surface area contributed by atoms with Gasteiger partial charge in [0.15, 0.2) is 0 Å². The zero-order valence-corrected chi connectivity index (χ0v) is 19.6. The molecule has 2 heterocycles. The van der Waals surface area contributed by atoms with Crippen molar-refractivity contribution in [1.29, 1.82) is 0 Å². The van der Waals surface area contributed by atoms with Crippen LogP contribution in [0.1, 0.15) is 36.0 Å². The largest absolute Gasteiger partial charge is 0.492 e. The molecular formula is C22H26F6N2O7. The van der Waals surface area contributed by atoms with Crippen molar-refractivity contribution in [3.8, 4) is 5.75 Å². The molecule has 0 spiro atoms. The predicted molar refractivity (Wildman–Crippen MR) is 116 cm³/mol. The van der Waals surface area contributed by atoms with Crippen molar-refractivity contribution in [2.24, 2.45) is 0 Å². The van der Waals surface area contributed by atoms with E-state index < -0.39 is 36.2 Å². The number of likely N-dealkylation sites (N-methyl/N-ethyl adjacent to an activating group) is 1. The molecule has 2 fully saturated rings. The van der Waals surface area contributed by atoms with Crippen LogP contribution in [0.2, 0.25) is 0 Å². The number of halogens is 6. The van der Waals surface area contributed by atoms with Crippen molar-refractivity contribution >= 4 is 23.5 Å². The number of hydrogen-bond donors (Lipinski definition) is 2. The van der Waals surface area contributed by atoms with Crippen LogP contribution < -0.4 is 9.64 Å². The van der Waals surface area contributed by atoms with E-state index in [1.807, 2.05) is 7.05 Å². The van der Waals surface area contributed by atoms with E-state index in [1.165, 1.54) is 18.2 Å². The lowest BCUT2D eigenvalue weighted by Gasteiger charge is -2.35. The van der Waals surface area contributed by atoms with Gasteiger partial charge in [0.05, 0.1) is 11.3 Å². The van der Waals surface area contributed by atoms with Crippen LogP contribution in [0.4, 0.5) is 32.0 Å². The quantitative estimate of drug-likeness (QED) is 0.523. The van der Waals surface area contributed by atoms with Crippen LogP contribution in [-0.2, 0) is 14.3 Å². The lowest BCUT2D eigenvalue weighted by atomic mass is 10.0. The lowest BCUT2D eigenvalue weighted by molar-refractivity contribution is -0.192. The smallest absolute Gasteiger partial charge is 0.490 e. The summed E-state index contributed by atoms with van der Waals surface area (Å²) in [6.07, 6.45) is -7.89. The fraction of sp³-hybridized carbons (Fsp3) is 0.591. The zero-order chi connectivity index (χ0) is 28.0. The van der Waals surface area contributed by atoms with Gasteiger partial charge in [-0.3, -0.25) is 4.79 Å². The summed E-state index contributed by atoms with van der Waals surface area (Å²) in [5.74, 6) is -6.04. The van der Waals surface area contributed by atoms with Gasteiger partial charge in [0, 0.05) is 31.4 Å². The highest BCUT2D eigenvalue weighted by Gasteiger charge is 2.46. The topological polar surface area (TPSA) is 117 Å². The van der Waals surface area contributed by atoms with Gasteiger partial charge in [0.1, 0.15) is 12.4 Å². The minimum atomic E-state index is -5.14. The molecule has 0 aromatic heterocycles. The zero-order valence-electron chi connectivity index (χ0n) is 19.6. The molecule has 2 N–H and O–H groups in total.